The van der Waals surface area contributed by atoms with Crippen LogP contribution in [0.1, 0.15) is 24.7 Å². The van der Waals surface area contributed by atoms with Gasteiger partial charge in [0, 0.05) is 30.1 Å². The standard InChI is InChI=1S/C15H21N3O2/c1-11(2)15(19)18-6-7-20-14(9-18)5-4-13-8-12(3)16-10-17-13/h8,10,14H,1,4-7,9H2,2-3H3. The van der Waals surface area contributed by atoms with Gasteiger partial charge in [-0.25, -0.2) is 9.97 Å². The van der Waals surface area contributed by atoms with Crippen LogP contribution in [-0.4, -0.2) is 46.6 Å². The molecule has 0 radical (unpaired) electrons. The molecule has 0 N–H and O–H groups in total. The highest BCUT2D eigenvalue weighted by atomic mass is 16.5. The van der Waals surface area contributed by atoms with Crippen LogP contribution in [0.15, 0.2) is 24.5 Å². The van der Waals surface area contributed by atoms with E-state index in [2.05, 4.69) is 16.5 Å². The third-order valence-electron chi connectivity index (χ3n) is 3.37. The Morgan fingerprint density at radius 1 is 1.55 bits per heavy atom. The van der Waals surface area contributed by atoms with E-state index in [9.17, 15) is 4.79 Å². The summed E-state index contributed by atoms with van der Waals surface area (Å²) in [6, 6.07) is 1.99. The number of rotatable bonds is 4. The topological polar surface area (TPSA) is 55.3 Å². The number of aryl methyl sites for hydroxylation is 2. The molecule has 0 aromatic carbocycles. The fraction of sp³-hybridized carbons (Fsp3) is 0.533. The molecule has 0 spiro atoms. The van der Waals surface area contributed by atoms with Crippen LogP contribution in [0.5, 0.6) is 0 Å². The molecule has 1 aromatic heterocycles. The van der Waals surface area contributed by atoms with Crippen LogP contribution in [0.2, 0.25) is 0 Å². The molecule has 20 heavy (non-hydrogen) atoms. The van der Waals surface area contributed by atoms with Gasteiger partial charge in [-0.2, -0.15) is 0 Å². The molecule has 5 heteroatoms. The Labute approximate surface area is 119 Å². The summed E-state index contributed by atoms with van der Waals surface area (Å²) in [6.45, 7) is 9.28. The molecule has 0 aliphatic carbocycles. The van der Waals surface area contributed by atoms with Crippen molar-refractivity contribution in [2.24, 2.45) is 0 Å². The summed E-state index contributed by atoms with van der Waals surface area (Å²) in [4.78, 5) is 22.1. The monoisotopic (exact) mass is 275 g/mol. The predicted molar refractivity (Wildman–Crippen MR) is 76.2 cm³/mol. The smallest absolute Gasteiger partial charge is 0.249 e. The zero-order valence-corrected chi connectivity index (χ0v) is 12.1. The van der Waals surface area contributed by atoms with Gasteiger partial charge >= 0.3 is 0 Å². The van der Waals surface area contributed by atoms with Crippen LogP contribution < -0.4 is 0 Å². The van der Waals surface area contributed by atoms with Gasteiger partial charge in [-0.3, -0.25) is 4.79 Å². The first-order chi connectivity index (χ1) is 9.56. The van der Waals surface area contributed by atoms with Gasteiger partial charge in [0.25, 0.3) is 0 Å². The van der Waals surface area contributed by atoms with Gasteiger partial charge in [0.1, 0.15) is 6.33 Å². The van der Waals surface area contributed by atoms with E-state index in [1.54, 1.807) is 13.3 Å². The largest absolute Gasteiger partial charge is 0.375 e. The summed E-state index contributed by atoms with van der Waals surface area (Å²) in [5, 5.41) is 0. The number of morpholine rings is 1. The molecule has 1 saturated heterocycles. The van der Waals surface area contributed by atoms with Gasteiger partial charge in [-0.05, 0) is 32.8 Å². The Hall–Kier alpha value is -1.75. The number of aromatic nitrogens is 2. The number of hydrogen-bond acceptors (Lipinski definition) is 4. The first kappa shape index (κ1) is 14.7. The van der Waals surface area contributed by atoms with Gasteiger partial charge in [0.15, 0.2) is 0 Å². The lowest BCUT2D eigenvalue weighted by Crippen LogP contribution is -2.46. The molecule has 108 valence electrons. The lowest BCUT2D eigenvalue weighted by Gasteiger charge is -2.33. The highest BCUT2D eigenvalue weighted by Gasteiger charge is 2.24. The molecule has 1 unspecified atom stereocenters. The van der Waals surface area contributed by atoms with Gasteiger partial charge in [-0.1, -0.05) is 6.58 Å². The van der Waals surface area contributed by atoms with Crippen molar-refractivity contribution in [3.05, 3.63) is 35.9 Å². The van der Waals surface area contributed by atoms with Crippen molar-refractivity contribution in [2.75, 3.05) is 19.7 Å². The van der Waals surface area contributed by atoms with E-state index in [-0.39, 0.29) is 12.0 Å². The summed E-state index contributed by atoms with van der Waals surface area (Å²) in [7, 11) is 0. The maximum absolute atomic E-state index is 11.9. The lowest BCUT2D eigenvalue weighted by molar-refractivity contribution is -0.134. The normalized spacial score (nSPS) is 18.9. The zero-order chi connectivity index (χ0) is 14.5. The highest BCUT2D eigenvalue weighted by molar-refractivity contribution is 5.92. The maximum atomic E-state index is 11.9. The summed E-state index contributed by atoms with van der Waals surface area (Å²) in [5.41, 5.74) is 2.57. The molecule has 1 fully saturated rings. The van der Waals surface area contributed by atoms with Crippen LogP contribution in [-0.2, 0) is 16.0 Å². The van der Waals surface area contributed by atoms with E-state index in [4.69, 9.17) is 4.74 Å². The van der Waals surface area contributed by atoms with E-state index >= 15 is 0 Å². The molecular weight excluding hydrogens is 254 g/mol. The van der Waals surface area contributed by atoms with Crippen LogP contribution in [0.4, 0.5) is 0 Å². The minimum atomic E-state index is 0.0242. The van der Waals surface area contributed by atoms with E-state index in [1.807, 2.05) is 17.9 Å². The molecule has 2 rings (SSSR count). The van der Waals surface area contributed by atoms with E-state index < -0.39 is 0 Å². The Kier molecular flexibility index (Phi) is 4.84. The second-order valence-corrected chi connectivity index (χ2v) is 5.21. The van der Waals surface area contributed by atoms with Crippen molar-refractivity contribution >= 4 is 5.91 Å². The fourth-order valence-electron chi connectivity index (χ4n) is 2.30. The van der Waals surface area contributed by atoms with Crippen LogP contribution >= 0.6 is 0 Å². The van der Waals surface area contributed by atoms with Crippen LogP contribution in [0.25, 0.3) is 0 Å². The number of carbonyl (C=O) groups is 1. The van der Waals surface area contributed by atoms with Crippen molar-refractivity contribution in [1.29, 1.82) is 0 Å². The van der Waals surface area contributed by atoms with Crippen LogP contribution in [0.3, 0.4) is 0 Å². The minimum Gasteiger partial charge on any atom is -0.375 e. The molecule has 2 heterocycles. The number of nitrogens with zero attached hydrogens (tertiary/aromatic N) is 3. The van der Waals surface area contributed by atoms with Crippen molar-refractivity contribution in [2.45, 2.75) is 32.8 Å². The molecule has 5 nitrogen and oxygen atoms in total. The van der Waals surface area contributed by atoms with E-state index in [0.717, 1.165) is 24.2 Å². The summed E-state index contributed by atoms with van der Waals surface area (Å²) in [6.07, 6.45) is 3.35. The van der Waals surface area contributed by atoms with Gasteiger partial charge in [-0.15, -0.1) is 0 Å². The average molecular weight is 275 g/mol. The quantitative estimate of drug-likeness (QED) is 0.782. The van der Waals surface area contributed by atoms with E-state index in [1.165, 1.54) is 0 Å². The minimum absolute atomic E-state index is 0.0242. The Balaban J connectivity index is 1.87. The van der Waals surface area contributed by atoms with Gasteiger partial charge < -0.3 is 9.64 Å². The van der Waals surface area contributed by atoms with Gasteiger partial charge in [0.2, 0.25) is 5.91 Å². The molecule has 1 aliphatic heterocycles. The number of hydrogen-bond donors (Lipinski definition) is 0. The molecule has 0 bridgehead atoms. The van der Waals surface area contributed by atoms with Crippen molar-refractivity contribution in [3.8, 4) is 0 Å². The third-order valence-corrected chi connectivity index (χ3v) is 3.37. The van der Waals surface area contributed by atoms with Crippen molar-refractivity contribution in [1.82, 2.24) is 14.9 Å². The average Bonchev–Trinajstić information content (AvgIpc) is 2.44. The SMILES string of the molecule is C=C(C)C(=O)N1CCOC(CCc2cc(C)ncn2)C1. The summed E-state index contributed by atoms with van der Waals surface area (Å²) < 4.78 is 5.72. The summed E-state index contributed by atoms with van der Waals surface area (Å²) in [5.74, 6) is 0.0242. The number of carbonyl (C=O) groups excluding carboxylic acids is 1. The molecule has 1 aromatic rings. The number of amides is 1. The van der Waals surface area contributed by atoms with Crippen molar-refractivity contribution < 1.29 is 9.53 Å². The van der Waals surface area contributed by atoms with Crippen molar-refractivity contribution in [3.63, 3.8) is 0 Å². The molecule has 1 amide bonds. The molecule has 1 atom stereocenters. The predicted octanol–water partition coefficient (Wildman–Crippen LogP) is 1.52. The Morgan fingerprint density at radius 3 is 3.05 bits per heavy atom. The Morgan fingerprint density at radius 2 is 2.35 bits per heavy atom. The first-order valence-corrected chi connectivity index (χ1v) is 6.90. The fourth-order valence-corrected chi connectivity index (χ4v) is 2.30. The maximum Gasteiger partial charge on any atom is 0.249 e. The van der Waals surface area contributed by atoms with Gasteiger partial charge in [0.05, 0.1) is 12.7 Å². The second-order valence-electron chi connectivity index (χ2n) is 5.21. The third kappa shape index (κ3) is 3.87. The highest BCUT2D eigenvalue weighted by Crippen LogP contribution is 2.13. The summed E-state index contributed by atoms with van der Waals surface area (Å²) >= 11 is 0. The molecule has 1 aliphatic rings. The second kappa shape index (κ2) is 6.61. The molecule has 0 saturated carbocycles. The molecular formula is C15H21N3O2. The zero-order valence-electron chi connectivity index (χ0n) is 12.1. The Bertz CT molecular complexity index is 502. The first-order valence-electron chi connectivity index (χ1n) is 6.90. The van der Waals surface area contributed by atoms with E-state index in [0.29, 0.717) is 25.3 Å². The van der Waals surface area contributed by atoms with Crippen LogP contribution in [0, 0.1) is 6.92 Å². The number of ether oxygens (including phenoxy) is 1. The lowest BCUT2D eigenvalue weighted by atomic mass is 10.1.